The second kappa shape index (κ2) is 7.93. The van der Waals surface area contributed by atoms with Crippen LogP contribution in [0.15, 0.2) is 96.6 Å². The van der Waals surface area contributed by atoms with Gasteiger partial charge in [-0.05, 0) is 71.4 Å². The molecule has 29 heavy (non-hydrogen) atoms. The molecule has 1 nitrogen and oxygen atoms in total. The van der Waals surface area contributed by atoms with Gasteiger partial charge in [0.05, 0.1) is 6.04 Å². The molecule has 0 aromatic heterocycles. The zero-order valence-corrected chi connectivity index (χ0v) is 17.1. The molecule has 2 heteroatoms. The summed E-state index contributed by atoms with van der Waals surface area (Å²) in [6.07, 6.45) is 5.82. The number of hydrogen-bond acceptors (Lipinski definition) is 1. The lowest BCUT2D eigenvalue weighted by atomic mass is 9.78. The van der Waals surface area contributed by atoms with Crippen molar-refractivity contribution in [3.8, 4) is 0 Å². The minimum atomic E-state index is 0.389. The van der Waals surface area contributed by atoms with E-state index in [4.69, 9.17) is 11.6 Å². The number of nitrogens with zero attached hydrogens (tertiary/aromatic N) is 1. The molecule has 1 unspecified atom stereocenters. The van der Waals surface area contributed by atoms with E-state index >= 15 is 0 Å². The smallest absolute Gasteiger partial charge is 0.0551 e. The summed E-state index contributed by atoms with van der Waals surface area (Å²) in [6, 6.07) is 30.4. The molecular formula is C27H24ClN. The van der Waals surface area contributed by atoms with Gasteiger partial charge in [-0.3, -0.25) is 0 Å². The van der Waals surface area contributed by atoms with Crippen LogP contribution in [0.2, 0.25) is 5.02 Å². The molecule has 0 spiro atoms. The van der Waals surface area contributed by atoms with Gasteiger partial charge in [0, 0.05) is 17.3 Å². The summed E-state index contributed by atoms with van der Waals surface area (Å²) in [6.45, 7) is 1.08. The molecule has 1 heterocycles. The van der Waals surface area contributed by atoms with Gasteiger partial charge in [-0.1, -0.05) is 78.3 Å². The van der Waals surface area contributed by atoms with Crippen molar-refractivity contribution in [2.24, 2.45) is 0 Å². The first kappa shape index (κ1) is 18.3. The molecule has 0 saturated carbocycles. The highest BCUT2D eigenvalue weighted by Gasteiger charge is 2.32. The largest absolute Gasteiger partial charge is 0.364 e. The quantitative estimate of drug-likeness (QED) is 0.449. The standard InChI is InChI=1S/C27H24ClN/c28-23-13-15-24(16-14-23)29-17-7-12-25-26(21-10-5-2-6-11-21)18-22(19-27(25)29)20-8-3-1-4-9-20/h1-6,8-11,13-16,18,27H,7,12,17,19H2. The van der Waals surface area contributed by atoms with Crippen molar-refractivity contribution in [2.75, 3.05) is 11.4 Å². The van der Waals surface area contributed by atoms with Crippen molar-refractivity contribution in [1.82, 2.24) is 0 Å². The van der Waals surface area contributed by atoms with Crippen LogP contribution in [0, 0.1) is 0 Å². The molecule has 0 radical (unpaired) electrons. The van der Waals surface area contributed by atoms with Gasteiger partial charge < -0.3 is 4.90 Å². The number of rotatable bonds is 3. The van der Waals surface area contributed by atoms with Crippen LogP contribution in [0.1, 0.15) is 30.4 Å². The Hall–Kier alpha value is -2.77. The average molecular weight is 398 g/mol. The first-order valence-corrected chi connectivity index (χ1v) is 10.7. The Kier molecular flexibility index (Phi) is 4.99. The second-order valence-electron chi connectivity index (χ2n) is 7.83. The first-order valence-electron chi connectivity index (χ1n) is 10.4. The number of halogens is 1. The summed E-state index contributed by atoms with van der Waals surface area (Å²) in [7, 11) is 0. The minimum absolute atomic E-state index is 0.389. The van der Waals surface area contributed by atoms with Gasteiger partial charge in [0.1, 0.15) is 0 Å². The zero-order valence-electron chi connectivity index (χ0n) is 16.4. The SMILES string of the molecule is Clc1ccc(N2CCCC3=C(c4ccccc4)C=C(c4ccccc4)CC32)cc1. The third kappa shape index (κ3) is 3.63. The molecule has 1 fully saturated rings. The number of piperidine rings is 1. The molecule has 0 amide bonds. The van der Waals surface area contributed by atoms with Crippen molar-refractivity contribution in [2.45, 2.75) is 25.3 Å². The highest BCUT2D eigenvalue weighted by atomic mass is 35.5. The van der Waals surface area contributed by atoms with Crippen LogP contribution >= 0.6 is 11.6 Å². The van der Waals surface area contributed by atoms with E-state index in [1.165, 1.54) is 34.4 Å². The van der Waals surface area contributed by atoms with E-state index in [1.54, 1.807) is 5.57 Å². The number of fused-ring (bicyclic) bond motifs is 1. The second-order valence-corrected chi connectivity index (χ2v) is 8.27. The van der Waals surface area contributed by atoms with Gasteiger partial charge in [-0.25, -0.2) is 0 Å². The maximum atomic E-state index is 6.16. The molecule has 144 valence electrons. The third-order valence-electron chi connectivity index (χ3n) is 6.09. The lowest BCUT2D eigenvalue weighted by Gasteiger charge is -2.43. The fourth-order valence-corrected chi connectivity index (χ4v) is 4.84. The predicted molar refractivity (Wildman–Crippen MR) is 124 cm³/mol. The predicted octanol–water partition coefficient (Wildman–Crippen LogP) is 7.25. The third-order valence-corrected chi connectivity index (χ3v) is 6.34. The van der Waals surface area contributed by atoms with Crippen molar-refractivity contribution in [3.05, 3.63) is 113 Å². The van der Waals surface area contributed by atoms with Crippen molar-refractivity contribution in [3.63, 3.8) is 0 Å². The molecule has 2 aliphatic rings. The summed E-state index contributed by atoms with van der Waals surface area (Å²) in [5.41, 5.74) is 8.29. The monoisotopic (exact) mass is 397 g/mol. The molecule has 5 rings (SSSR count). The van der Waals surface area contributed by atoms with Crippen LogP contribution in [-0.2, 0) is 0 Å². The fourth-order valence-electron chi connectivity index (χ4n) is 4.71. The van der Waals surface area contributed by atoms with Crippen LogP contribution in [0.5, 0.6) is 0 Å². The van der Waals surface area contributed by atoms with Crippen molar-refractivity contribution >= 4 is 28.4 Å². The topological polar surface area (TPSA) is 3.24 Å². The fraction of sp³-hybridized carbons (Fsp3) is 0.185. The summed E-state index contributed by atoms with van der Waals surface area (Å²) in [5, 5.41) is 0.792. The Bertz CT molecular complexity index is 1050. The van der Waals surface area contributed by atoms with E-state index in [1.807, 2.05) is 12.1 Å². The summed E-state index contributed by atoms with van der Waals surface area (Å²) in [4.78, 5) is 2.58. The summed E-state index contributed by atoms with van der Waals surface area (Å²) >= 11 is 6.16. The van der Waals surface area contributed by atoms with Crippen molar-refractivity contribution in [1.29, 1.82) is 0 Å². The number of anilines is 1. The average Bonchev–Trinajstić information content (AvgIpc) is 2.80. The molecule has 1 aliphatic carbocycles. The highest BCUT2D eigenvalue weighted by molar-refractivity contribution is 6.30. The minimum Gasteiger partial charge on any atom is -0.364 e. The van der Waals surface area contributed by atoms with Gasteiger partial charge >= 0.3 is 0 Å². The van der Waals surface area contributed by atoms with E-state index in [-0.39, 0.29) is 0 Å². The maximum Gasteiger partial charge on any atom is 0.0551 e. The lowest BCUT2D eigenvalue weighted by Crippen LogP contribution is -2.42. The number of allylic oxidation sites excluding steroid dienone is 2. The van der Waals surface area contributed by atoms with E-state index in [2.05, 4.69) is 83.8 Å². The molecule has 3 aromatic carbocycles. The maximum absolute atomic E-state index is 6.16. The van der Waals surface area contributed by atoms with E-state index < -0.39 is 0 Å². The summed E-state index contributed by atoms with van der Waals surface area (Å²) in [5.74, 6) is 0. The van der Waals surface area contributed by atoms with Crippen molar-refractivity contribution < 1.29 is 0 Å². The molecular weight excluding hydrogens is 374 g/mol. The molecule has 0 bridgehead atoms. The lowest BCUT2D eigenvalue weighted by molar-refractivity contribution is 0.565. The first-order chi connectivity index (χ1) is 14.3. The van der Waals surface area contributed by atoms with Crippen LogP contribution in [-0.4, -0.2) is 12.6 Å². The Morgan fingerprint density at radius 3 is 2.10 bits per heavy atom. The molecule has 1 atom stereocenters. The van der Waals surface area contributed by atoms with Crippen LogP contribution < -0.4 is 4.90 Å². The number of benzene rings is 3. The molecule has 3 aromatic rings. The highest BCUT2D eigenvalue weighted by Crippen LogP contribution is 2.43. The van der Waals surface area contributed by atoms with Gasteiger partial charge in [0.15, 0.2) is 0 Å². The summed E-state index contributed by atoms with van der Waals surface area (Å²) < 4.78 is 0. The van der Waals surface area contributed by atoms with Crippen LogP contribution in [0.4, 0.5) is 5.69 Å². The van der Waals surface area contributed by atoms with Gasteiger partial charge in [0.25, 0.3) is 0 Å². The molecule has 1 saturated heterocycles. The molecule has 1 aliphatic heterocycles. The molecule has 0 N–H and O–H groups in total. The van der Waals surface area contributed by atoms with E-state index in [0.29, 0.717) is 6.04 Å². The normalized spacial score (nSPS) is 19.0. The Labute approximate surface area is 178 Å². The Morgan fingerprint density at radius 2 is 1.41 bits per heavy atom. The number of hydrogen-bond donors (Lipinski definition) is 0. The van der Waals surface area contributed by atoms with Crippen LogP contribution in [0.25, 0.3) is 11.1 Å². The van der Waals surface area contributed by atoms with Gasteiger partial charge in [-0.2, -0.15) is 0 Å². The Balaban J connectivity index is 1.63. The van der Waals surface area contributed by atoms with Crippen LogP contribution in [0.3, 0.4) is 0 Å². The van der Waals surface area contributed by atoms with Gasteiger partial charge in [0.2, 0.25) is 0 Å². The Morgan fingerprint density at radius 1 is 0.759 bits per heavy atom. The van der Waals surface area contributed by atoms with E-state index in [0.717, 1.165) is 24.4 Å². The zero-order chi connectivity index (χ0) is 19.6. The van der Waals surface area contributed by atoms with Gasteiger partial charge in [-0.15, -0.1) is 0 Å². The van der Waals surface area contributed by atoms with E-state index in [9.17, 15) is 0 Å².